The van der Waals surface area contributed by atoms with Crippen LogP contribution in [-0.4, -0.2) is 22.6 Å². The van der Waals surface area contributed by atoms with E-state index in [0.717, 1.165) is 11.1 Å². The van der Waals surface area contributed by atoms with E-state index in [4.69, 9.17) is 9.47 Å². The highest BCUT2D eigenvalue weighted by Crippen LogP contribution is 2.43. The van der Waals surface area contributed by atoms with Crippen molar-refractivity contribution >= 4 is 5.78 Å². The van der Waals surface area contributed by atoms with E-state index in [9.17, 15) is 15.0 Å². The molecule has 0 radical (unpaired) electrons. The minimum Gasteiger partial charge on any atom is -0.507 e. The van der Waals surface area contributed by atoms with Crippen molar-refractivity contribution in [2.24, 2.45) is 0 Å². The number of carbonyl (C=O) groups is 1. The van der Waals surface area contributed by atoms with E-state index in [1.54, 1.807) is 12.1 Å². The van der Waals surface area contributed by atoms with Crippen LogP contribution >= 0.6 is 0 Å². The normalized spacial score (nSPS) is 12.2. The third kappa shape index (κ3) is 4.20. The molecule has 5 nitrogen and oxygen atoms in total. The maximum Gasteiger partial charge on any atom is 0.204 e. The number of aromatic hydroxyl groups is 2. The molecule has 3 rings (SSSR count). The molecule has 1 heterocycles. The zero-order valence-corrected chi connectivity index (χ0v) is 18.1. The van der Waals surface area contributed by atoms with E-state index in [-0.39, 0.29) is 29.2 Å². The maximum atomic E-state index is 13.4. The molecule has 5 heteroatoms. The van der Waals surface area contributed by atoms with Gasteiger partial charge in [0.2, 0.25) is 5.78 Å². The molecule has 1 aliphatic heterocycles. The molecule has 0 bridgehead atoms. The third-order valence-electron chi connectivity index (χ3n) is 5.04. The molecule has 0 fully saturated rings. The van der Waals surface area contributed by atoms with Gasteiger partial charge in [-0.1, -0.05) is 23.3 Å². The lowest BCUT2D eigenvalue weighted by Gasteiger charge is -2.16. The van der Waals surface area contributed by atoms with E-state index >= 15 is 0 Å². The van der Waals surface area contributed by atoms with Crippen LogP contribution in [0.5, 0.6) is 23.0 Å². The molecule has 0 aromatic heterocycles. The number of ether oxygens (including phenoxy) is 2. The number of benzene rings is 2. The second kappa shape index (κ2) is 8.66. The summed E-state index contributed by atoms with van der Waals surface area (Å²) in [5.41, 5.74) is 4.24. The smallest absolute Gasteiger partial charge is 0.204 e. The summed E-state index contributed by atoms with van der Waals surface area (Å²) in [6.45, 7) is 10.1. The molecular weight excluding hydrogens is 380 g/mol. The van der Waals surface area contributed by atoms with E-state index in [0.29, 0.717) is 41.2 Å². The van der Waals surface area contributed by atoms with Crippen LogP contribution in [0.15, 0.2) is 41.5 Å². The fraction of sp³-hybridized carbons (Fsp3) is 0.320. The van der Waals surface area contributed by atoms with Crippen LogP contribution in [0.25, 0.3) is 0 Å². The summed E-state index contributed by atoms with van der Waals surface area (Å²) in [6.07, 6.45) is 4.42. The van der Waals surface area contributed by atoms with Crippen molar-refractivity contribution < 1.29 is 24.5 Å². The molecule has 0 saturated heterocycles. The molecule has 2 aromatic carbocycles. The lowest BCUT2D eigenvalue weighted by Crippen LogP contribution is -2.09. The predicted octanol–water partition coefficient (Wildman–Crippen LogP) is 5.38. The summed E-state index contributed by atoms with van der Waals surface area (Å²) >= 11 is 0. The molecule has 0 saturated carbocycles. The lowest BCUT2D eigenvalue weighted by atomic mass is 9.93. The molecule has 0 spiro atoms. The summed E-state index contributed by atoms with van der Waals surface area (Å²) < 4.78 is 11.8. The summed E-state index contributed by atoms with van der Waals surface area (Å²) in [6, 6.07) is 4.97. The van der Waals surface area contributed by atoms with Gasteiger partial charge in [-0.2, -0.15) is 0 Å². The number of hydrogen-bond acceptors (Lipinski definition) is 5. The van der Waals surface area contributed by atoms with E-state index < -0.39 is 5.78 Å². The Morgan fingerprint density at radius 2 is 1.80 bits per heavy atom. The summed E-state index contributed by atoms with van der Waals surface area (Å²) in [4.78, 5) is 13.4. The first-order valence-corrected chi connectivity index (χ1v) is 9.98. The number of rotatable bonds is 5. The third-order valence-corrected chi connectivity index (χ3v) is 5.04. The largest absolute Gasteiger partial charge is 0.507 e. The Morgan fingerprint density at radius 3 is 2.47 bits per heavy atom. The van der Waals surface area contributed by atoms with Crippen molar-refractivity contribution in [1.29, 1.82) is 0 Å². The van der Waals surface area contributed by atoms with Gasteiger partial charge in [0.1, 0.15) is 41.8 Å². The van der Waals surface area contributed by atoms with Crippen molar-refractivity contribution in [3.8, 4) is 23.0 Å². The number of phenols is 2. The first kappa shape index (κ1) is 21.5. The second-order valence-electron chi connectivity index (χ2n) is 8.04. The zero-order valence-electron chi connectivity index (χ0n) is 18.1. The Labute approximate surface area is 177 Å². The topological polar surface area (TPSA) is 76.0 Å². The van der Waals surface area contributed by atoms with Crippen molar-refractivity contribution in [2.45, 2.75) is 47.6 Å². The Bertz CT molecular complexity index is 1050. The lowest BCUT2D eigenvalue weighted by molar-refractivity contribution is 0.103. The second-order valence-corrected chi connectivity index (χ2v) is 8.04. The molecule has 0 atom stereocenters. The molecule has 0 aliphatic carbocycles. The quantitative estimate of drug-likeness (QED) is 0.649. The first-order chi connectivity index (χ1) is 14.2. The SMILES string of the molecule is CC(C)=CCOc1c(C)cc(O)c2c1COc1ccc(CC=C(C)C)c(O)c1C2=O. The number of hydrogen-bond donors (Lipinski definition) is 2. The zero-order chi connectivity index (χ0) is 22.0. The molecule has 2 N–H and O–H groups in total. The van der Waals surface area contributed by atoms with E-state index in [2.05, 4.69) is 0 Å². The molecule has 2 aromatic rings. The van der Waals surface area contributed by atoms with Crippen LogP contribution in [0, 0.1) is 6.92 Å². The van der Waals surface area contributed by atoms with Gasteiger partial charge in [-0.25, -0.2) is 0 Å². The summed E-state index contributed by atoms with van der Waals surface area (Å²) in [5.74, 6) is 0.0775. The highest BCUT2D eigenvalue weighted by molar-refractivity contribution is 6.15. The standard InChI is InChI=1S/C25H28O5/c1-14(2)6-7-17-8-9-20-22(23(17)27)24(28)21-18(13-30-20)25(16(5)12-19(21)26)29-11-10-15(3)4/h6,8-10,12,26-27H,7,11,13H2,1-5H3. The average Bonchev–Trinajstić information content (AvgIpc) is 2.81. The van der Waals surface area contributed by atoms with Crippen LogP contribution < -0.4 is 9.47 Å². The summed E-state index contributed by atoms with van der Waals surface area (Å²) in [7, 11) is 0. The highest BCUT2D eigenvalue weighted by Gasteiger charge is 2.32. The predicted molar refractivity (Wildman–Crippen MR) is 117 cm³/mol. The Hall–Kier alpha value is -3.21. The number of aryl methyl sites for hydroxylation is 1. The van der Waals surface area contributed by atoms with Crippen molar-refractivity contribution in [1.82, 2.24) is 0 Å². The minimum absolute atomic E-state index is 0.0558. The van der Waals surface area contributed by atoms with Gasteiger partial charge in [0.05, 0.1) is 5.56 Å². The van der Waals surface area contributed by atoms with Gasteiger partial charge < -0.3 is 19.7 Å². The van der Waals surface area contributed by atoms with Crippen LogP contribution in [0.2, 0.25) is 0 Å². The molecule has 1 aliphatic rings. The number of carbonyl (C=O) groups excluding carboxylic acids is 1. The fourth-order valence-electron chi connectivity index (χ4n) is 3.44. The van der Waals surface area contributed by atoms with Gasteiger partial charge >= 0.3 is 0 Å². The van der Waals surface area contributed by atoms with E-state index in [1.807, 2.05) is 46.8 Å². The average molecular weight is 408 g/mol. The van der Waals surface area contributed by atoms with Gasteiger partial charge in [-0.15, -0.1) is 0 Å². The highest BCUT2D eigenvalue weighted by atomic mass is 16.5. The van der Waals surface area contributed by atoms with Gasteiger partial charge in [0.15, 0.2) is 0 Å². The first-order valence-electron chi connectivity index (χ1n) is 9.98. The van der Waals surface area contributed by atoms with Gasteiger partial charge in [0, 0.05) is 5.56 Å². The van der Waals surface area contributed by atoms with Crippen LogP contribution in [0.1, 0.15) is 60.3 Å². The molecular formula is C25H28O5. The van der Waals surface area contributed by atoms with Crippen molar-refractivity contribution in [2.75, 3.05) is 6.61 Å². The van der Waals surface area contributed by atoms with Crippen LogP contribution in [0.3, 0.4) is 0 Å². The Balaban J connectivity index is 2.11. The van der Waals surface area contributed by atoms with Crippen LogP contribution in [0.4, 0.5) is 0 Å². The van der Waals surface area contributed by atoms with Crippen LogP contribution in [-0.2, 0) is 13.0 Å². The van der Waals surface area contributed by atoms with Gasteiger partial charge in [0.25, 0.3) is 0 Å². The molecule has 30 heavy (non-hydrogen) atoms. The number of phenolic OH excluding ortho intramolecular Hbond substituents is 2. The van der Waals surface area contributed by atoms with Gasteiger partial charge in [-0.3, -0.25) is 4.79 Å². The maximum absolute atomic E-state index is 13.4. The number of ketones is 1. The van der Waals surface area contributed by atoms with Crippen molar-refractivity contribution in [3.05, 3.63) is 69.3 Å². The number of fused-ring (bicyclic) bond motifs is 2. The monoisotopic (exact) mass is 408 g/mol. The van der Waals surface area contributed by atoms with E-state index in [1.165, 1.54) is 6.07 Å². The molecule has 158 valence electrons. The van der Waals surface area contributed by atoms with Crippen molar-refractivity contribution in [3.63, 3.8) is 0 Å². The number of allylic oxidation sites excluding steroid dienone is 3. The molecule has 0 unspecified atom stereocenters. The Morgan fingerprint density at radius 1 is 1.10 bits per heavy atom. The van der Waals surface area contributed by atoms with Gasteiger partial charge in [-0.05, 0) is 70.4 Å². The fourth-order valence-corrected chi connectivity index (χ4v) is 3.44. The minimum atomic E-state index is -0.474. The summed E-state index contributed by atoms with van der Waals surface area (Å²) in [5, 5.41) is 21.4. The Kier molecular flexibility index (Phi) is 6.20. The molecule has 0 amide bonds.